The van der Waals surface area contributed by atoms with Crippen LogP contribution in [0.15, 0.2) is 12.7 Å². The van der Waals surface area contributed by atoms with Crippen LogP contribution in [0.2, 0.25) is 0 Å². The van der Waals surface area contributed by atoms with Crippen molar-refractivity contribution < 1.29 is 9.90 Å². The molecule has 0 aromatic rings. The van der Waals surface area contributed by atoms with E-state index >= 15 is 0 Å². The molecule has 0 aliphatic carbocycles. The molecule has 0 saturated carbocycles. The van der Waals surface area contributed by atoms with Gasteiger partial charge < -0.3 is 10.4 Å². The number of hydrogen-bond donors (Lipinski definition) is 2. The third-order valence-electron chi connectivity index (χ3n) is 1.05. The van der Waals surface area contributed by atoms with Gasteiger partial charge in [0.05, 0.1) is 6.10 Å². The van der Waals surface area contributed by atoms with Crippen LogP contribution < -0.4 is 5.32 Å². The molecule has 1 atom stereocenters. The van der Waals surface area contributed by atoms with Crippen molar-refractivity contribution in [3.63, 3.8) is 0 Å². The lowest BCUT2D eigenvalue weighted by atomic mass is 10.3. The van der Waals surface area contributed by atoms with E-state index in [-0.39, 0.29) is 12.0 Å². The van der Waals surface area contributed by atoms with E-state index < -0.39 is 0 Å². The largest absolute Gasteiger partial charge is 0.393 e. The van der Waals surface area contributed by atoms with E-state index in [1.54, 1.807) is 6.92 Å². The third-order valence-corrected chi connectivity index (χ3v) is 1.05. The van der Waals surface area contributed by atoms with E-state index in [0.717, 1.165) is 0 Å². The highest BCUT2D eigenvalue weighted by molar-refractivity contribution is 5.86. The predicted octanol–water partition coefficient (Wildman–Crippen LogP) is 0.0595. The Bertz CT molecular complexity index is 121. The van der Waals surface area contributed by atoms with E-state index in [0.29, 0.717) is 13.0 Å². The Balaban J connectivity index is 3.19. The standard InChI is InChI=1S/C7H13NO2/c1-3-7(10)8-5-4-6(2)9/h3,6,9H,1,4-5H2,2H3,(H,8,10). The van der Waals surface area contributed by atoms with Crippen LogP contribution in [0.5, 0.6) is 0 Å². The predicted molar refractivity (Wildman–Crippen MR) is 39.5 cm³/mol. The van der Waals surface area contributed by atoms with Crippen LogP contribution in [-0.4, -0.2) is 23.7 Å². The fraction of sp³-hybridized carbons (Fsp3) is 0.571. The highest BCUT2D eigenvalue weighted by atomic mass is 16.3. The monoisotopic (exact) mass is 143 g/mol. The quantitative estimate of drug-likeness (QED) is 0.547. The molecule has 0 saturated heterocycles. The molecule has 58 valence electrons. The van der Waals surface area contributed by atoms with E-state index in [1.807, 2.05) is 0 Å². The van der Waals surface area contributed by atoms with E-state index in [9.17, 15) is 4.79 Å². The van der Waals surface area contributed by atoms with Crippen molar-refractivity contribution in [2.24, 2.45) is 0 Å². The van der Waals surface area contributed by atoms with Gasteiger partial charge in [-0.25, -0.2) is 0 Å². The second kappa shape index (κ2) is 4.99. The number of nitrogens with one attached hydrogen (secondary N) is 1. The Morgan fingerprint density at radius 2 is 2.50 bits per heavy atom. The van der Waals surface area contributed by atoms with Gasteiger partial charge in [-0.05, 0) is 19.4 Å². The average Bonchev–Trinajstić information content (AvgIpc) is 1.87. The van der Waals surface area contributed by atoms with Gasteiger partial charge in [-0.1, -0.05) is 6.58 Å². The SMILES string of the molecule is C=CC(=O)NCCC(C)O. The van der Waals surface area contributed by atoms with Crippen molar-refractivity contribution in [1.82, 2.24) is 5.32 Å². The van der Waals surface area contributed by atoms with Gasteiger partial charge in [0.1, 0.15) is 0 Å². The Labute approximate surface area is 60.7 Å². The van der Waals surface area contributed by atoms with E-state index in [2.05, 4.69) is 11.9 Å². The first kappa shape index (κ1) is 9.17. The first-order valence-corrected chi connectivity index (χ1v) is 3.25. The molecule has 0 heterocycles. The molecule has 1 unspecified atom stereocenters. The minimum Gasteiger partial charge on any atom is -0.393 e. The molecule has 0 aliphatic heterocycles. The van der Waals surface area contributed by atoms with Gasteiger partial charge in [-0.2, -0.15) is 0 Å². The maximum absolute atomic E-state index is 10.5. The fourth-order valence-corrected chi connectivity index (χ4v) is 0.476. The zero-order valence-electron chi connectivity index (χ0n) is 6.13. The van der Waals surface area contributed by atoms with Crippen LogP contribution in [-0.2, 0) is 4.79 Å². The first-order chi connectivity index (χ1) is 4.66. The molecule has 0 aromatic carbocycles. The molecule has 0 aliphatic rings. The Morgan fingerprint density at radius 3 is 2.90 bits per heavy atom. The summed E-state index contributed by atoms with van der Waals surface area (Å²) in [5, 5.41) is 11.3. The lowest BCUT2D eigenvalue weighted by molar-refractivity contribution is -0.116. The van der Waals surface area contributed by atoms with Crippen molar-refractivity contribution in [3.05, 3.63) is 12.7 Å². The molecule has 1 amide bonds. The molecule has 3 heteroatoms. The number of amides is 1. The third kappa shape index (κ3) is 5.31. The van der Waals surface area contributed by atoms with E-state index in [1.165, 1.54) is 6.08 Å². The molecule has 0 bridgehead atoms. The number of carbonyl (C=O) groups excluding carboxylic acids is 1. The average molecular weight is 143 g/mol. The molecule has 0 spiro atoms. The number of hydrogen-bond acceptors (Lipinski definition) is 2. The summed E-state index contributed by atoms with van der Waals surface area (Å²) >= 11 is 0. The summed E-state index contributed by atoms with van der Waals surface area (Å²) in [6, 6.07) is 0. The second-order valence-electron chi connectivity index (χ2n) is 2.13. The lowest BCUT2D eigenvalue weighted by Gasteiger charge is -2.03. The summed E-state index contributed by atoms with van der Waals surface area (Å²) in [5.41, 5.74) is 0. The smallest absolute Gasteiger partial charge is 0.243 e. The molecular formula is C7H13NO2. The molecule has 0 fully saturated rings. The maximum Gasteiger partial charge on any atom is 0.243 e. The van der Waals surface area contributed by atoms with Crippen LogP contribution in [0, 0.1) is 0 Å². The highest BCUT2D eigenvalue weighted by Gasteiger charge is 1.95. The first-order valence-electron chi connectivity index (χ1n) is 3.25. The topological polar surface area (TPSA) is 49.3 Å². The molecule has 0 radical (unpaired) electrons. The summed E-state index contributed by atoms with van der Waals surface area (Å²) in [6.07, 6.45) is 1.44. The van der Waals surface area contributed by atoms with Crippen LogP contribution in [0.3, 0.4) is 0 Å². The highest BCUT2D eigenvalue weighted by Crippen LogP contribution is 1.85. The number of carbonyl (C=O) groups is 1. The maximum atomic E-state index is 10.5. The Kier molecular flexibility index (Phi) is 4.58. The van der Waals surface area contributed by atoms with Gasteiger partial charge in [-0.3, -0.25) is 4.79 Å². The van der Waals surface area contributed by atoms with Gasteiger partial charge in [0.25, 0.3) is 0 Å². The normalized spacial score (nSPS) is 12.2. The van der Waals surface area contributed by atoms with Crippen molar-refractivity contribution in [3.8, 4) is 0 Å². The minimum atomic E-state index is -0.356. The molecule has 10 heavy (non-hydrogen) atoms. The number of aliphatic hydroxyl groups excluding tert-OH is 1. The molecule has 3 nitrogen and oxygen atoms in total. The van der Waals surface area contributed by atoms with Gasteiger partial charge in [0.2, 0.25) is 5.91 Å². The summed E-state index contributed by atoms with van der Waals surface area (Å²) in [7, 11) is 0. The zero-order chi connectivity index (χ0) is 7.98. The summed E-state index contributed by atoms with van der Waals surface area (Å²) in [5.74, 6) is -0.194. The van der Waals surface area contributed by atoms with Gasteiger partial charge in [-0.15, -0.1) is 0 Å². The van der Waals surface area contributed by atoms with Crippen molar-refractivity contribution in [2.75, 3.05) is 6.54 Å². The van der Waals surface area contributed by atoms with Gasteiger partial charge in [0, 0.05) is 6.54 Å². The Hall–Kier alpha value is -0.830. The molecule has 2 N–H and O–H groups in total. The van der Waals surface area contributed by atoms with Crippen LogP contribution in [0.1, 0.15) is 13.3 Å². The van der Waals surface area contributed by atoms with Crippen LogP contribution in [0.25, 0.3) is 0 Å². The number of aliphatic hydroxyl groups is 1. The number of rotatable bonds is 4. The second-order valence-corrected chi connectivity index (χ2v) is 2.13. The zero-order valence-corrected chi connectivity index (χ0v) is 6.13. The van der Waals surface area contributed by atoms with Crippen LogP contribution >= 0.6 is 0 Å². The molecule has 0 rings (SSSR count). The minimum absolute atomic E-state index is 0.194. The lowest BCUT2D eigenvalue weighted by Crippen LogP contribution is -2.24. The van der Waals surface area contributed by atoms with Crippen molar-refractivity contribution in [1.29, 1.82) is 0 Å². The van der Waals surface area contributed by atoms with Gasteiger partial charge in [0.15, 0.2) is 0 Å². The summed E-state index contributed by atoms with van der Waals surface area (Å²) in [4.78, 5) is 10.5. The summed E-state index contributed by atoms with van der Waals surface area (Å²) < 4.78 is 0. The van der Waals surface area contributed by atoms with Crippen molar-refractivity contribution >= 4 is 5.91 Å². The Morgan fingerprint density at radius 1 is 1.90 bits per heavy atom. The fourth-order valence-electron chi connectivity index (χ4n) is 0.476. The van der Waals surface area contributed by atoms with E-state index in [4.69, 9.17) is 5.11 Å². The van der Waals surface area contributed by atoms with Gasteiger partial charge >= 0.3 is 0 Å². The molecule has 0 aromatic heterocycles. The van der Waals surface area contributed by atoms with Crippen LogP contribution in [0.4, 0.5) is 0 Å². The summed E-state index contributed by atoms with van der Waals surface area (Å²) in [6.45, 7) is 5.47. The van der Waals surface area contributed by atoms with Crippen molar-refractivity contribution in [2.45, 2.75) is 19.4 Å². The molecular weight excluding hydrogens is 130 g/mol.